The van der Waals surface area contributed by atoms with E-state index in [0.29, 0.717) is 22.8 Å². The zero-order valence-corrected chi connectivity index (χ0v) is 24.6. The number of aryl methyl sites for hydroxylation is 2. The summed E-state index contributed by atoms with van der Waals surface area (Å²) in [6, 6.07) is 36.5. The standard InChI is InChI=1S/C37H27N5S/c1-22-12-16-24(17-13-22)31-21-32(41-37(40-31)26-18-14-23(2)15-19-26)28-20-29-33(36(42-43)34(28)38)27-10-6-7-11-30(27)39-35(29)25-8-4-3-5-9-25/h3-21,38,43H,1-2H3/b38-34?,42-36-. The largest absolute Gasteiger partial charge is 0.298 e. The topological polar surface area (TPSA) is 74.9 Å². The molecule has 7 rings (SSSR count). The Hall–Kier alpha value is -5.20. The second-order valence-corrected chi connectivity index (χ2v) is 10.9. The first-order chi connectivity index (χ1) is 21.0. The predicted molar refractivity (Wildman–Crippen MR) is 181 cm³/mol. The van der Waals surface area contributed by atoms with E-state index in [0.717, 1.165) is 55.7 Å². The molecule has 0 fully saturated rings. The van der Waals surface area contributed by atoms with Crippen molar-refractivity contribution in [1.29, 1.82) is 5.41 Å². The third-order valence-corrected chi connectivity index (χ3v) is 7.97. The summed E-state index contributed by atoms with van der Waals surface area (Å²) in [5.74, 6) is 0.594. The summed E-state index contributed by atoms with van der Waals surface area (Å²) < 4.78 is 4.39. The van der Waals surface area contributed by atoms with E-state index >= 15 is 0 Å². The third kappa shape index (κ3) is 4.86. The van der Waals surface area contributed by atoms with Crippen molar-refractivity contribution >= 4 is 46.8 Å². The molecule has 4 aromatic carbocycles. The van der Waals surface area contributed by atoms with Crippen LogP contribution >= 0.6 is 12.8 Å². The van der Waals surface area contributed by atoms with Crippen LogP contribution < -0.4 is 0 Å². The molecule has 2 heterocycles. The molecule has 5 nitrogen and oxygen atoms in total. The zero-order chi connectivity index (χ0) is 29.5. The Morgan fingerprint density at radius 3 is 1.98 bits per heavy atom. The molecule has 2 aromatic heterocycles. The average Bonchev–Trinajstić information content (AvgIpc) is 3.05. The Kier molecular flexibility index (Phi) is 6.76. The van der Waals surface area contributed by atoms with Crippen molar-refractivity contribution in [3.05, 3.63) is 137 Å². The molecule has 0 bridgehead atoms. The fourth-order valence-electron chi connectivity index (χ4n) is 5.50. The summed E-state index contributed by atoms with van der Waals surface area (Å²) in [5, 5.41) is 10.3. The van der Waals surface area contributed by atoms with Crippen LogP contribution in [0.3, 0.4) is 0 Å². The first-order valence-corrected chi connectivity index (χ1v) is 14.5. The molecule has 1 N–H and O–H groups in total. The van der Waals surface area contributed by atoms with Gasteiger partial charge in [0.05, 0.1) is 28.3 Å². The molecule has 6 aromatic rings. The van der Waals surface area contributed by atoms with E-state index in [2.05, 4.69) is 79.6 Å². The minimum atomic E-state index is 0.251. The fourth-order valence-corrected chi connectivity index (χ4v) is 5.70. The van der Waals surface area contributed by atoms with Crippen LogP contribution in [0.15, 0.2) is 114 Å². The van der Waals surface area contributed by atoms with Gasteiger partial charge >= 0.3 is 0 Å². The summed E-state index contributed by atoms with van der Waals surface area (Å²) in [6.45, 7) is 4.13. The molecule has 0 unspecified atom stereocenters. The number of nitrogens with zero attached hydrogens (tertiary/aromatic N) is 4. The number of hydrogen-bond donors (Lipinski definition) is 2. The number of para-hydroxylation sites is 1. The van der Waals surface area contributed by atoms with Gasteiger partial charge in [-0.25, -0.2) is 19.3 Å². The van der Waals surface area contributed by atoms with E-state index in [9.17, 15) is 5.41 Å². The summed E-state index contributed by atoms with van der Waals surface area (Å²) in [7, 11) is 0. The molecule has 1 aliphatic rings. The SMILES string of the molecule is Cc1ccc(-c2cc(C3=Cc4c(-c5ccccc5)nc5ccccc5c4/C(=N/S)C3=N)nc(-c3ccc(C)cc3)n2)cc1. The molecule has 0 radical (unpaired) electrons. The number of hydrogen-bond acceptors (Lipinski definition) is 6. The van der Waals surface area contributed by atoms with Crippen molar-refractivity contribution in [2.45, 2.75) is 13.8 Å². The van der Waals surface area contributed by atoms with Gasteiger partial charge in [-0.05, 0) is 44.9 Å². The zero-order valence-electron chi connectivity index (χ0n) is 23.7. The van der Waals surface area contributed by atoms with Crippen molar-refractivity contribution in [2.24, 2.45) is 4.40 Å². The number of pyridine rings is 1. The molecule has 0 amide bonds. The highest BCUT2D eigenvalue weighted by atomic mass is 32.1. The van der Waals surface area contributed by atoms with E-state index in [1.54, 1.807) is 0 Å². The van der Waals surface area contributed by atoms with Crippen molar-refractivity contribution < 1.29 is 0 Å². The maximum Gasteiger partial charge on any atom is 0.160 e. The Labute approximate surface area is 255 Å². The van der Waals surface area contributed by atoms with Crippen molar-refractivity contribution in [3.63, 3.8) is 0 Å². The summed E-state index contributed by atoms with van der Waals surface area (Å²) in [6.07, 6.45) is 2.03. The number of allylic oxidation sites excluding steroid dienone is 1. The molecule has 0 atom stereocenters. The molecular formula is C37H27N5S. The van der Waals surface area contributed by atoms with Gasteiger partial charge in [-0.3, -0.25) is 5.41 Å². The second-order valence-electron chi connectivity index (χ2n) is 10.7. The van der Waals surface area contributed by atoms with E-state index in [1.165, 1.54) is 5.56 Å². The van der Waals surface area contributed by atoms with Crippen LogP contribution in [0.2, 0.25) is 0 Å². The highest BCUT2D eigenvalue weighted by Crippen LogP contribution is 2.39. The first kappa shape index (κ1) is 26.7. The summed E-state index contributed by atoms with van der Waals surface area (Å²) in [5.41, 5.74) is 11.4. The number of nitrogens with one attached hydrogen (secondary N) is 1. The second kappa shape index (κ2) is 10.9. The van der Waals surface area contributed by atoms with Crippen molar-refractivity contribution in [3.8, 4) is 33.9 Å². The lowest BCUT2D eigenvalue weighted by atomic mass is 9.83. The molecule has 0 spiro atoms. The van der Waals surface area contributed by atoms with Gasteiger partial charge in [0.2, 0.25) is 0 Å². The molecule has 6 heteroatoms. The van der Waals surface area contributed by atoms with Crippen molar-refractivity contribution in [1.82, 2.24) is 15.0 Å². The molecule has 1 aliphatic carbocycles. The molecule has 0 saturated carbocycles. The minimum absolute atomic E-state index is 0.251. The predicted octanol–water partition coefficient (Wildman–Crippen LogP) is 8.85. The Bertz CT molecular complexity index is 2030. The highest BCUT2D eigenvalue weighted by Gasteiger charge is 2.30. The Balaban J connectivity index is 1.52. The van der Waals surface area contributed by atoms with Crippen LogP contribution in [0, 0.1) is 19.3 Å². The van der Waals surface area contributed by atoms with Crippen LogP contribution in [0.5, 0.6) is 0 Å². The maximum atomic E-state index is 9.40. The average molecular weight is 574 g/mol. The lowest BCUT2D eigenvalue weighted by Crippen LogP contribution is -2.23. The lowest BCUT2D eigenvalue weighted by Gasteiger charge is -2.23. The molecule has 43 heavy (non-hydrogen) atoms. The highest BCUT2D eigenvalue weighted by molar-refractivity contribution is 7.79. The van der Waals surface area contributed by atoms with Gasteiger partial charge in [-0.1, -0.05) is 108 Å². The Morgan fingerprint density at radius 1 is 0.651 bits per heavy atom. The number of aromatic nitrogens is 3. The molecule has 206 valence electrons. The minimum Gasteiger partial charge on any atom is -0.298 e. The molecule has 0 saturated heterocycles. The van der Waals surface area contributed by atoms with E-state index in [4.69, 9.17) is 15.0 Å². The van der Waals surface area contributed by atoms with Gasteiger partial charge in [0.25, 0.3) is 0 Å². The van der Waals surface area contributed by atoms with Gasteiger partial charge in [0.15, 0.2) is 5.82 Å². The monoisotopic (exact) mass is 573 g/mol. The van der Waals surface area contributed by atoms with Gasteiger partial charge in [-0.2, -0.15) is 0 Å². The molecular weight excluding hydrogens is 547 g/mol. The van der Waals surface area contributed by atoms with E-state index in [-0.39, 0.29) is 5.71 Å². The third-order valence-electron chi connectivity index (χ3n) is 7.77. The van der Waals surface area contributed by atoms with Crippen molar-refractivity contribution in [2.75, 3.05) is 0 Å². The number of thiol groups is 1. The normalized spacial score (nSPS) is 13.7. The van der Waals surface area contributed by atoms with Gasteiger partial charge in [0, 0.05) is 38.8 Å². The maximum absolute atomic E-state index is 9.40. The fraction of sp³-hybridized carbons (Fsp3) is 0.0541. The summed E-state index contributed by atoms with van der Waals surface area (Å²) >= 11 is 4.39. The van der Waals surface area contributed by atoms with Gasteiger partial charge < -0.3 is 0 Å². The first-order valence-electron chi connectivity index (χ1n) is 14.1. The van der Waals surface area contributed by atoms with E-state index in [1.807, 2.05) is 66.7 Å². The number of fused-ring (bicyclic) bond motifs is 3. The van der Waals surface area contributed by atoms with Crippen LogP contribution in [0.25, 0.3) is 56.5 Å². The van der Waals surface area contributed by atoms with Gasteiger partial charge in [0.1, 0.15) is 5.71 Å². The number of benzene rings is 4. The summed E-state index contributed by atoms with van der Waals surface area (Å²) in [4.78, 5) is 15.1. The quantitative estimate of drug-likeness (QED) is 0.207. The van der Waals surface area contributed by atoms with Crippen LogP contribution in [0.1, 0.15) is 27.9 Å². The lowest BCUT2D eigenvalue weighted by molar-refractivity contribution is 1.16. The number of rotatable bonds is 4. The molecule has 0 aliphatic heterocycles. The van der Waals surface area contributed by atoms with Crippen LogP contribution in [-0.4, -0.2) is 26.4 Å². The van der Waals surface area contributed by atoms with E-state index < -0.39 is 0 Å². The van der Waals surface area contributed by atoms with Crippen LogP contribution in [0.4, 0.5) is 0 Å². The Morgan fingerprint density at radius 2 is 1.28 bits per heavy atom. The van der Waals surface area contributed by atoms with Crippen LogP contribution in [-0.2, 0) is 0 Å². The van der Waals surface area contributed by atoms with Gasteiger partial charge in [-0.15, -0.1) is 0 Å². The smallest absolute Gasteiger partial charge is 0.160 e.